The number of allylic oxidation sites excluding steroid dienone is 4. The third-order valence-corrected chi connectivity index (χ3v) is 17.4. The number of hydrogen-bond donors (Lipinski definition) is 12. The third-order valence-electron chi connectivity index (χ3n) is 10.9. The van der Waals surface area contributed by atoms with Gasteiger partial charge in [0.2, 0.25) is 0 Å². The third kappa shape index (κ3) is 12.5. The van der Waals surface area contributed by atoms with Crippen molar-refractivity contribution in [2.24, 2.45) is 42.3 Å². The van der Waals surface area contributed by atoms with Crippen LogP contribution in [0.4, 0.5) is 39.8 Å². The van der Waals surface area contributed by atoms with E-state index >= 15 is 0 Å². The average molecular weight is 1250 g/mol. The van der Waals surface area contributed by atoms with Crippen molar-refractivity contribution in [2.75, 3.05) is 5.43 Å². The van der Waals surface area contributed by atoms with Gasteiger partial charge in [-0.2, -0.15) is 69.2 Å². The first-order valence-electron chi connectivity index (χ1n) is 20.5. The van der Waals surface area contributed by atoms with Crippen LogP contribution in [0.5, 0.6) is 5.75 Å². The summed E-state index contributed by atoms with van der Waals surface area (Å²) in [4.78, 5) is 1.91. The van der Waals surface area contributed by atoms with E-state index in [0.717, 1.165) is 48.5 Å². The Balaban J connectivity index is 1.31. The Morgan fingerprint density at radius 2 is 1.10 bits per heavy atom. The lowest BCUT2D eigenvalue weighted by molar-refractivity contribution is -0.385. The lowest BCUT2D eigenvalue weighted by atomic mass is 9.83. The molecule has 0 saturated heterocycles. The monoisotopic (exact) mass is 1250 g/mol. The smallest absolute Gasteiger partial charge is 0.297 e. The van der Waals surface area contributed by atoms with Crippen LogP contribution in [0.1, 0.15) is 6.42 Å². The summed E-state index contributed by atoms with van der Waals surface area (Å²) >= 11 is 0. The van der Waals surface area contributed by atoms with Crippen LogP contribution >= 0.6 is 0 Å². The van der Waals surface area contributed by atoms with Crippen LogP contribution in [-0.2, 0) is 70.8 Å². The normalized spacial score (nSPS) is 16.2. The van der Waals surface area contributed by atoms with E-state index in [1.165, 1.54) is 0 Å². The summed E-state index contributed by atoms with van der Waals surface area (Å²) in [6.07, 6.45) is -0.758. The van der Waals surface area contributed by atoms with Gasteiger partial charge in [0.1, 0.15) is 53.0 Å². The molecule has 0 heterocycles. The highest BCUT2D eigenvalue weighted by Crippen LogP contribution is 2.48. The predicted molar refractivity (Wildman–Crippen MR) is 267 cm³/mol. The first-order chi connectivity index (χ1) is 36.7. The molecule has 7 rings (SSSR count). The van der Waals surface area contributed by atoms with Gasteiger partial charge in [-0.3, -0.25) is 52.8 Å². The molecule has 80 heavy (non-hydrogen) atoms. The first-order valence-corrected chi connectivity index (χ1v) is 30.6. The fraction of sp³-hybridized carbons (Fsp3) is 0.0526. The Morgan fingerprint density at radius 1 is 0.550 bits per heavy atom. The van der Waals surface area contributed by atoms with Crippen LogP contribution in [-0.4, -0.2) is 106 Å². The molecule has 0 fully saturated rings. The number of anilines is 1. The summed E-state index contributed by atoms with van der Waals surface area (Å²) in [5.41, 5.74) is 1.80. The topological polar surface area (TPSA) is 588 Å². The van der Waals surface area contributed by atoms with Crippen LogP contribution in [0, 0.1) is 16.0 Å². The summed E-state index contributed by atoms with van der Waals surface area (Å²) in [5, 5.41) is 54.0. The molecule has 2 aliphatic rings. The number of aliphatic hydroxyl groups is 1. The van der Waals surface area contributed by atoms with Crippen molar-refractivity contribution >= 4 is 121 Å². The second-order valence-corrected chi connectivity index (χ2v) is 25.8. The van der Waals surface area contributed by atoms with Gasteiger partial charge in [0, 0.05) is 34.4 Å². The quantitative estimate of drug-likeness (QED) is 0.0249. The number of hydrazine groups is 1. The molecule has 0 radical (unpaired) electrons. The van der Waals surface area contributed by atoms with E-state index in [1.807, 2.05) is 0 Å². The van der Waals surface area contributed by atoms with Crippen LogP contribution in [0.15, 0.2) is 178 Å². The highest BCUT2D eigenvalue weighted by atomic mass is 32.2. The minimum atomic E-state index is -5.70. The van der Waals surface area contributed by atoms with Crippen molar-refractivity contribution in [2.45, 2.75) is 30.9 Å². The zero-order chi connectivity index (χ0) is 59.6. The van der Waals surface area contributed by atoms with Gasteiger partial charge >= 0.3 is 0 Å². The van der Waals surface area contributed by atoms with Gasteiger partial charge in [-0.25, -0.2) is 0 Å². The minimum absolute atomic E-state index is 0.0187. The number of nitrogens with one attached hydrogen (secondary N) is 2. The predicted octanol–water partition coefficient (Wildman–Crippen LogP) is 5.11. The number of benzene rings is 5. The summed E-state index contributed by atoms with van der Waals surface area (Å²) < 4.78 is 245. The lowest BCUT2D eigenvalue weighted by Gasteiger charge is -2.32. The number of aromatic hydroxyl groups is 1. The number of nitro groups is 1. The zero-order valence-electron chi connectivity index (χ0n) is 38.5. The van der Waals surface area contributed by atoms with E-state index in [9.17, 15) is 107 Å². The molecule has 1 unspecified atom stereocenters. The minimum Gasteiger partial charge on any atom is -0.505 e. The van der Waals surface area contributed by atoms with Crippen molar-refractivity contribution in [3.8, 4) is 5.75 Å². The summed E-state index contributed by atoms with van der Waals surface area (Å²) in [6.45, 7) is 0. The molecule has 1 atom stereocenters. The highest BCUT2D eigenvalue weighted by Gasteiger charge is 2.44. The van der Waals surface area contributed by atoms with E-state index in [-0.39, 0.29) is 11.4 Å². The molecule has 0 spiro atoms. The molecule has 42 heteroatoms. The molecule has 0 aliphatic heterocycles. The number of phenols is 1. The van der Waals surface area contributed by atoms with Gasteiger partial charge < -0.3 is 15.9 Å². The van der Waals surface area contributed by atoms with Gasteiger partial charge in [0.15, 0.2) is 5.75 Å². The van der Waals surface area contributed by atoms with Crippen molar-refractivity contribution in [3.05, 3.63) is 133 Å². The summed E-state index contributed by atoms with van der Waals surface area (Å²) in [5.74, 6) is -4.86. The fourth-order valence-electron chi connectivity index (χ4n) is 7.49. The molecule has 2 aliphatic carbocycles. The number of nitrogens with zero attached hydrogens (tertiary/aromatic N) is 7. The van der Waals surface area contributed by atoms with E-state index in [4.69, 9.17) is 10.3 Å². The van der Waals surface area contributed by atoms with Crippen molar-refractivity contribution < 1.29 is 106 Å². The second kappa shape index (κ2) is 20.8. The van der Waals surface area contributed by atoms with Crippen LogP contribution in [0.25, 0.3) is 10.8 Å². The van der Waals surface area contributed by atoms with E-state index in [2.05, 4.69) is 41.5 Å². The number of nitro benzene ring substituents is 1. The van der Waals surface area contributed by atoms with Crippen LogP contribution in [0.3, 0.4) is 0 Å². The number of non-ortho nitro benzene ring substituents is 1. The lowest BCUT2D eigenvalue weighted by Crippen LogP contribution is -2.34. The Bertz CT molecular complexity index is 4640. The molecule has 0 saturated carbocycles. The van der Waals surface area contributed by atoms with Crippen molar-refractivity contribution in [1.29, 1.82) is 0 Å². The van der Waals surface area contributed by atoms with Gasteiger partial charge in [-0.05, 0) is 79.2 Å². The molecule has 35 nitrogen and oxygen atoms in total. The molecule has 0 aromatic heterocycles. The van der Waals surface area contributed by atoms with Crippen LogP contribution < -0.4 is 16.6 Å². The molecule has 0 bridgehead atoms. The van der Waals surface area contributed by atoms with Gasteiger partial charge in [0.25, 0.3) is 76.5 Å². The molecule has 5 aromatic rings. The largest absolute Gasteiger partial charge is 0.505 e. The van der Waals surface area contributed by atoms with Gasteiger partial charge in [-0.15, -0.1) is 20.5 Å². The van der Waals surface area contributed by atoms with Gasteiger partial charge in [-0.1, -0.05) is 0 Å². The molecule has 424 valence electrons. The number of rotatable bonds is 17. The van der Waals surface area contributed by atoms with E-state index < -0.39 is 196 Å². The summed E-state index contributed by atoms with van der Waals surface area (Å²) in [7, 11) is -37.7. The Labute approximate surface area is 448 Å². The second-order valence-electron chi connectivity index (χ2n) is 16.0. The Kier molecular flexibility index (Phi) is 15.5. The Hall–Kier alpha value is -8.11. The average Bonchev–Trinajstić information content (AvgIpc) is 3.40. The van der Waals surface area contributed by atoms with Gasteiger partial charge in [0.05, 0.1) is 43.2 Å². The first kappa shape index (κ1) is 59.5. The maximum absolute atomic E-state index is 13.1. The number of hydrogen-bond acceptors (Lipinski definition) is 27. The van der Waals surface area contributed by atoms with Crippen molar-refractivity contribution in [3.63, 3.8) is 0 Å². The molecular formula is C38H30N10O25S7. The maximum atomic E-state index is 13.1. The number of aliphatic hydroxyl groups excluding tert-OH is 1. The summed E-state index contributed by atoms with van der Waals surface area (Å²) in [6, 6.07) is 10.1. The highest BCUT2D eigenvalue weighted by molar-refractivity contribution is 7.90. The SMILES string of the molecule is NC1=C(NNc2ccc3c(O)c(N=Nc4ccc(N=Nc5ccc(S(=O)(=O)O)cc5)cc4S(=O)(=O)O)c(S(=O)(=O)O)cc3c2S(=O)(=O)O)C=C(S(=O)(=O)O)C2CC(S(=O)(=O)O)=C(N=Nc3ccc([N+](=O)[O-])cc3S(=O)(=O)O)C(O)=C12. The number of nitrogens with two attached hydrogens (primary N) is 1. The van der Waals surface area contributed by atoms with Crippen molar-refractivity contribution in [1.82, 2.24) is 5.43 Å². The molecule has 0 amide bonds. The van der Waals surface area contributed by atoms with E-state index in [1.54, 1.807) is 0 Å². The zero-order valence-corrected chi connectivity index (χ0v) is 44.2. The van der Waals surface area contributed by atoms with E-state index in [0.29, 0.717) is 36.4 Å². The maximum Gasteiger partial charge on any atom is 0.297 e. The fourth-order valence-corrected chi connectivity index (χ4v) is 12.3. The van der Waals surface area contributed by atoms with Crippen LogP contribution in [0.2, 0.25) is 0 Å². The Morgan fingerprint density at radius 3 is 1.64 bits per heavy atom. The molecule has 13 N–H and O–H groups in total. The molecular weight excluding hydrogens is 1220 g/mol. The standard InChI is InChI=1S/C38H30N10O25S7/c39-33-26(15-27(75(56,57)58)22-14-31(79(68,69)70)35(37(50)32(22)33)47-43-24-9-4-18(48(51)52)12-29(24)77(62,63)64)45-44-25-10-7-20-21(38(25)80(71,72)73)13-30(78(65,66)67)34(36(20)49)46-42-23-8-3-17(11-28(23)76(59,60)61)41-40-16-1-5-19(6-2-16)74(53,54)55/h1-13,15,22,44-45,49-50H,14,39H2,(H,53,54,55)(H,56,57,58)(H,59,60,61)(H,62,63,64)(H,65,66,67)(H,68,69,70)(H,71,72,73). The number of azo groups is 3. The number of fused-ring (bicyclic) bond motifs is 2. The molecule has 5 aromatic carbocycles. The number of phenolic OH excluding ortho intramolecular Hbond substituents is 1.